The van der Waals surface area contributed by atoms with Gasteiger partial charge >= 0.3 is 0 Å². The lowest BCUT2D eigenvalue weighted by atomic mass is 9.80. The van der Waals surface area contributed by atoms with Crippen molar-refractivity contribution in [2.45, 2.75) is 33.1 Å². The first kappa shape index (κ1) is 27.8. The molecule has 0 unspecified atom stereocenters. The molecule has 8 aromatic rings. The van der Waals surface area contributed by atoms with Crippen molar-refractivity contribution in [2.24, 2.45) is 0 Å². The molecular weight excluding hydrogens is 565 g/mol. The van der Waals surface area contributed by atoms with E-state index in [9.17, 15) is 0 Å². The monoisotopic (exact) mass is 600 g/mol. The summed E-state index contributed by atoms with van der Waals surface area (Å²) in [6.07, 6.45) is 0. The Morgan fingerprint density at radius 3 is 1.83 bits per heavy atom. The van der Waals surface area contributed by atoms with Crippen LogP contribution in [0.15, 0.2) is 146 Å². The van der Waals surface area contributed by atoms with E-state index < -0.39 is 0 Å². The topological polar surface area (TPSA) is 0 Å². The summed E-state index contributed by atoms with van der Waals surface area (Å²) in [6.45, 7) is 9.18. The van der Waals surface area contributed by atoms with Crippen molar-refractivity contribution in [1.29, 1.82) is 0 Å². The average molecular weight is 601 g/mol. The van der Waals surface area contributed by atoms with Crippen LogP contribution in [0.4, 0.5) is 0 Å². The van der Waals surface area contributed by atoms with Crippen molar-refractivity contribution < 1.29 is 0 Å². The van der Waals surface area contributed by atoms with E-state index in [1.54, 1.807) is 0 Å². The van der Waals surface area contributed by atoms with Crippen molar-refractivity contribution in [3.63, 3.8) is 0 Å². The molecule has 0 aromatic heterocycles. The maximum Gasteiger partial charge on any atom is 0.0159 e. The van der Waals surface area contributed by atoms with E-state index >= 15 is 0 Å². The molecule has 0 atom stereocenters. The molecule has 0 amide bonds. The summed E-state index contributed by atoms with van der Waals surface area (Å²) in [6, 6.07) is 54.7. The van der Waals surface area contributed by atoms with Gasteiger partial charge in [0.25, 0.3) is 0 Å². The minimum atomic E-state index is -0.0667. The van der Waals surface area contributed by atoms with Crippen LogP contribution >= 0.6 is 0 Å². The fourth-order valence-corrected chi connectivity index (χ4v) is 8.28. The van der Waals surface area contributed by atoms with Crippen LogP contribution in [-0.4, -0.2) is 0 Å². The first-order valence-corrected chi connectivity index (χ1v) is 16.7. The summed E-state index contributed by atoms with van der Waals surface area (Å²) >= 11 is 0. The lowest BCUT2D eigenvalue weighted by molar-refractivity contribution is 0.660. The summed E-state index contributed by atoms with van der Waals surface area (Å²) < 4.78 is 0. The number of fused-ring (bicyclic) bond motifs is 6. The fourth-order valence-electron chi connectivity index (χ4n) is 8.28. The van der Waals surface area contributed by atoms with Crippen LogP contribution in [0.5, 0.6) is 0 Å². The van der Waals surface area contributed by atoms with Crippen LogP contribution in [0.3, 0.4) is 0 Å². The average Bonchev–Trinajstić information content (AvgIpc) is 3.32. The molecule has 0 aliphatic heterocycles. The molecule has 1 aliphatic carbocycles. The van der Waals surface area contributed by atoms with Gasteiger partial charge in [0.1, 0.15) is 0 Å². The molecule has 0 heterocycles. The normalized spacial score (nSPS) is 13.3. The highest BCUT2D eigenvalue weighted by atomic mass is 14.4. The molecule has 0 spiro atoms. The largest absolute Gasteiger partial charge is 0.0619 e. The van der Waals surface area contributed by atoms with Gasteiger partial charge in [-0.05, 0) is 126 Å². The minimum absolute atomic E-state index is 0.0667. The first-order valence-electron chi connectivity index (χ1n) is 16.7. The van der Waals surface area contributed by atoms with Crippen molar-refractivity contribution in [3.05, 3.63) is 168 Å². The molecule has 0 saturated heterocycles. The zero-order valence-electron chi connectivity index (χ0n) is 27.4. The third-order valence-electron chi connectivity index (χ3n) is 10.6. The Bertz CT molecular complexity index is 2560. The van der Waals surface area contributed by atoms with E-state index in [0.29, 0.717) is 0 Å². The molecule has 9 rings (SSSR count). The van der Waals surface area contributed by atoms with Crippen LogP contribution in [0.25, 0.3) is 76.8 Å². The Hall–Kier alpha value is -5.46. The highest BCUT2D eigenvalue weighted by Gasteiger charge is 2.35. The lowest BCUT2D eigenvalue weighted by Crippen LogP contribution is -2.14. The number of benzene rings is 8. The molecular formula is C47H36. The summed E-state index contributed by atoms with van der Waals surface area (Å²) in [7, 11) is 0. The molecule has 0 N–H and O–H groups in total. The molecule has 0 radical (unpaired) electrons. The van der Waals surface area contributed by atoms with Gasteiger partial charge in [0, 0.05) is 5.41 Å². The van der Waals surface area contributed by atoms with Crippen LogP contribution in [0, 0.1) is 13.8 Å². The molecule has 0 saturated carbocycles. The van der Waals surface area contributed by atoms with Gasteiger partial charge in [0.05, 0.1) is 0 Å². The smallest absolute Gasteiger partial charge is 0.0159 e. The van der Waals surface area contributed by atoms with Crippen LogP contribution < -0.4 is 0 Å². The van der Waals surface area contributed by atoms with E-state index in [2.05, 4.69) is 173 Å². The maximum absolute atomic E-state index is 2.48. The van der Waals surface area contributed by atoms with Crippen LogP contribution in [-0.2, 0) is 5.41 Å². The molecule has 0 bridgehead atoms. The Kier molecular flexibility index (Phi) is 6.08. The standard InChI is InChI=1S/C47H36/c1-29-17-22-36(30(2)25-29)46-40-15-8-7-14-39(40)45(35-21-23-38-37-13-9-10-16-43(37)47(3,4)44(38)28-35)42-27-34(20-24-41(42)46)33-19-18-31-11-5-6-12-32(31)26-33/h5-28H,1-4H3. The van der Waals surface area contributed by atoms with Crippen molar-refractivity contribution in [2.75, 3.05) is 0 Å². The molecule has 224 valence electrons. The highest BCUT2D eigenvalue weighted by Crippen LogP contribution is 2.51. The van der Waals surface area contributed by atoms with E-state index in [4.69, 9.17) is 0 Å². The second kappa shape index (κ2) is 10.3. The van der Waals surface area contributed by atoms with Gasteiger partial charge in [-0.1, -0.05) is 147 Å². The fraction of sp³-hybridized carbons (Fsp3) is 0.106. The Morgan fingerprint density at radius 2 is 1.00 bits per heavy atom. The Morgan fingerprint density at radius 1 is 0.383 bits per heavy atom. The molecule has 0 nitrogen and oxygen atoms in total. The van der Waals surface area contributed by atoms with E-state index in [-0.39, 0.29) is 5.41 Å². The minimum Gasteiger partial charge on any atom is -0.0619 e. The highest BCUT2D eigenvalue weighted by molar-refractivity contribution is 6.22. The molecule has 0 fully saturated rings. The summed E-state index contributed by atoms with van der Waals surface area (Å²) in [5.74, 6) is 0. The molecule has 8 aromatic carbocycles. The van der Waals surface area contributed by atoms with E-state index in [1.165, 1.54) is 99.1 Å². The number of hydrogen-bond acceptors (Lipinski definition) is 0. The van der Waals surface area contributed by atoms with E-state index in [1.807, 2.05) is 0 Å². The van der Waals surface area contributed by atoms with E-state index in [0.717, 1.165) is 0 Å². The lowest BCUT2D eigenvalue weighted by Gasteiger charge is -2.23. The zero-order chi connectivity index (χ0) is 31.9. The summed E-state index contributed by atoms with van der Waals surface area (Å²) in [5.41, 5.74) is 15.7. The van der Waals surface area contributed by atoms with Gasteiger partial charge < -0.3 is 0 Å². The number of aryl methyl sites for hydroxylation is 2. The van der Waals surface area contributed by atoms with Gasteiger partial charge in [-0.25, -0.2) is 0 Å². The Labute approximate surface area is 277 Å². The first-order chi connectivity index (χ1) is 22.9. The maximum atomic E-state index is 2.48. The van der Waals surface area contributed by atoms with Crippen molar-refractivity contribution in [3.8, 4) is 44.5 Å². The Balaban J connectivity index is 1.38. The molecule has 47 heavy (non-hydrogen) atoms. The SMILES string of the molecule is Cc1ccc(-c2c3ccccc3c(-c3ccc4c(c3)C(C)(C)c3ccccc3-4)c3cc(-c4ccc5ccccc5c4)ccc23)c(C)c1. The van der Waals surface area contributed by atoms with Crippen LogP contribution in [0.1, 0.15) is 36.1 Å². The van der Waals surface area contributed by atoms with Gasteiger partial charge in [-0.2, -0.15) is 0 Å². The summed E-state index contributed by atoms with van der Waals surface area (Å²) in [4.78, 5) is 0. The van der Waals surface area contributed by atoms with Gasteiger partial charge in [-0.3, -0.25) is 0 Å². The van der Waals surface area contributed by atoms with Gasteiger partial charge in [0.15, 0.2) is 0 Å². The predicted molar refractivity (Wildman–Crippen MR) is 202 cm³/mol. The second-order valence-electron chi connectivity index (χ2n) is 13.9. The third kappa shape index (κ3) is 4.21. The predicted octanol–water partition coefficient (Wildman–Crippen LogP) is 13.1. The van der Waals surface area contributed by atoms with Crippen molar-refractivity contribution >= 4 is 32.3 Å². The van der Waals surface area contributed by atoms with Gasteiger partial charge in [0.2, 0.25) is 0 Å². The van der Waals surface area contributed by atoms with Crippen molar-refractivity contribution in [1.82, 2.24) is 0 Å². The second-order valence-corrected chi connectivity index (χ2v) is 13.9. The summed E-state index contributed by atoms with van der Waals surface area (Å²) in [5, 5.41) is 7.70. The van der Waals surface area contributed by atoms with Gasteiger partial charge in [-0.15, -0.1) is 0 Å². The zero-order valence-corrected chi connectivity index (χ0v) is 27.4. The number of rotatable bonds is 3. The van der Waals surface area contributed by atoms with Crippen LogP contribution in [0.2, 0.25) is 0 Å². The molecule has 0 heteroatoms. The quantitative estimate of drug-likeness (QED) is 0.177. The third-order valence-corrected chi connectivity index (χ3v) is 10.6. The number of hydrogen-bond donors (Lipinski definition) is 0. The molecule has 1 aliphatic rings.